The van der Waals surface area contributed by atoms with E-state index in [0.717, 1.165) is 19.4 Å². The van der Waals surface area contributed by atoms with Crippen LogP contribution in [-0.2, 0) is 0 Å². The monoisotopic (exact) mass is 245 g/mol. The summed E-state index contributed by atoms with van der Waals surface area (Å²) in [6.45, 7) is 2.97. The van der Waals surface area contributed by atoms with Crippen molar-refractivity contribution >= 4 is 11.8 Å². The number of pyridine rings is 1. The van der Waals surface area contributed by atoms with Crippen molar-refractivity contribution in [1.29, 1.82) is 0 Å². The summed E-state index contributed by atoms with van der Waals surface area (Å²) in [7, 11) is 0. The van der Waals surface area contributed by atoms with Gasteiger partial charge >= 0.3 is 0 Å². The maximum absolute atomic E-state index is 12.3. The van der Waals surface area contributed by atoms with E-state index < -0.39 is 0 Å². The molecule has 5 nitrogen and oxygen atoms in total. The Bertz CT molecular complexity index is 480. The van der Waals surface area contributed by atoms with Gasteiger partial charge in [0.05, 0.1) is 17.2 Å². The van der Waals surface area contributed by atoms with E-state index in [2.05, 4.69) is 10.3 Å². The van der Waals surface area contributed by atoms with Crippen molar-refractivity contribution in [2.45, 2.75) is 31.8 Å². The first kappa shape index (κ1) is 11.3. The average molecular weight is 245 g/mol. The summed E-state index contributed by atoms with van der Waals surface area (Å²) < 4.78 is 0. The molecule has 94 valence electrons. The Morgan fingerprint density at radius 1 is 1.33 bits per heavy atom. The maximum Gasteiger partial charge on any atom is 0.263 e. The van der Waals surface area contributed by atoms with Crippen LogP contribution in [0.5, 0.6) is 0 Å². The smallest absolute Gasteiger partial charge is 0.263 e. The molecule has 5 heteroatoms. The number of carbonyl (C=O) groups excluding carboxylic acids is 2. The maximum atomic E-state index is 12.3. The molecular weight excluding hydrogens is 230 g/mol. The van der Waals surface area contributed by atoms with Gasteiger partial charge in [-0.05, 0) is 32.4 Å². The third-order valence-corrected chi connectivity index (χ3v) is 3.77. The predicted octanol–water partition coefficient (Wildman–Crippen LogP) is 0.818. The Balaban J connectivity index is 1.96. The summed E-state index contributed by atoms with van der Waals surface area (Å²) in [5.74, 6) is -0.387. The lowest BCUT2D eigenvalue weighted by Crippen LogP contribution is -2.54. The van der Waals surface area contributed by atoms with Gasteiger partial charge in [0, 0.05) is 18.4 Å². The van der Waals surface area contributed by atoms with Gasteiger partial charge in [-0.2, -0.15) is 0 Å². The fourth-order valence-corrected chi connectivity index (χ4v) is 2.78. The lowest BCUT2D eigenvalue weighted by molar-refractivity contribution is 0.0521. The number of hydrogen-bond donors (Lipinski definition) is 1. The zero-order valence-electron chi connectivity index (χ0n) is 10.2. The van der Waals surface area contributed by atoms with Gasteiger partial charge in [0.1, 0.15) is 0 Å². The molecule has 0 aromatic carbocycles. The zero-order valence-corrected chi connectivity index (χ0v) is 10.2. The molecule has 3 heterocycles. The van der Waals surface area contributed by atoms with Crippen LogP contribution in [0.1, 0.15) is 40.5 Å². The van der Waals surface area contributed by atoms with Crippen LogP contribution in [0.3, 0.4) is 0 Å². The Kier molecular flexibility index (Phi) is 2.63. The van der Waals surface area contributed by atoms with Crippen molar-refractivity contribution in [2.75, 3.05) is 6.54 Å². The molecule has 2 amide bonds. The summed E-state index contributed by atoms with van der Waals surface area (Å²) in [4.78, 5) is 29.9. The molecule has 1 aromatic heterocycles. The van der Waals surface area contributed by atoms with Crippen molar-refractivity contribution in [3.63, 3.8) is 0 Å². The average Bonchev–Trinajstić information content (AvgIpc) is 2.64. The van der Waals surface area contributed by atoms with Gasteiger partial charge in [-0.25, -0.2) is 0 Å². The van der Waals surface area contributed by atoms with Crippen LogP contribution < -0.4 is 5.32 Å². The Morgan fingerprint density at radius 3 is 2.83 bits per heavy atom. The number of hydrogen-bond acceptors (Lipinski definition) is 4. The Morgan fingerprint density at radius 2 is 2.11 bits per heavy atom. The summed E-state index contributed by atoms with van der Waals surface area (Å²) in [5.41, 5.74) is 0.910. The number of amides is 2. The van der Waals surface area contributed by atoms with Crippen LogP contribution >= 0.6 is 0 Å². The fourth-order valence-electron chi connectivity index (χ4n) is 2.78. The number of piperidine rings is 1. The second-order valence-corrected chi connectivity index (χ2v) is 4.85. The molecule has 0 spiro atoms. The number of aromatic nitrogens is 1. The third-order valence-electron chi connectivity index (χ3n) is 3.77. The SMILES string of the molecule is CC1NCCCC1N1C(=O)c2ccncc2C1=O. The topological polar surface area (TPSA) is 62.3 Å². The highest BCUT2D eigenvalue weighted by Crippen LogP contribution is 2.27. The fraction of sp³-hybridized carbons (Fsp3) is 0.462. The molecule has 0 saturated carbocycles. The van der Waals surface area contributed by atoms with Crippen molar-refractivity contribution in [2.24, 2.45) is 0 Å². The number of nitrogens with one attached hydrogen (secondary N) is 1. The summed E-state index contributed by atoms with van der Waals surface area (Å²) in [6.07, 6.45) is 4.89. The first-order valence-electron chi connectivity index (χ1n) is 6.25. The molecule has 0 aliphatic carbocycles. The Hall–Kier alpha value is -1.75. The number of fused-ring (bicyclic) bond motifs is 1. The van der Waals surface area contributed by atoms with Gasteiger partial charge in [-0.3, -0.25) is 19.5 Å². The van der Waals surface area contributed by atoms with Crippen LogP contribution in [0.4, 0.5) is 0 Å². The van der Waals surface area contributed by atoms with Gasteiger partial charge in [0.25, 0.3) is 11.8 Å². The zero-order chi connectivity index (χ0) is 12.7. The van der Waals surface area contributed by atoms with Gasteiger partial charge < -0.3 is 5.32 Å². The summed E-state index contributed by atoms with van der Waals surface area (Å²) in [6, 6.07) is 1.72. The molecule has 1 N–H and O–H groups in total. The van der Waals surface area contributed by atoms with Crippen LogP contribution in [0, 0.1) is 0 Å². The second kappa shape index (κ2) is 4.17. The molecule has 0 radical (unpaired) electrons. The molecule has 2 atom stereocenters. The molecule has 0 bridgehead atoms. The Labute approximate surface area is 105 Å². The first-order valence-corrected chi connectivity index (χ1v) is 6.25. The number of imide groups is 1. The van der Waals surface area contributed by atoms with Crippen LogP contribution in [0.15, 0.2) is 18.5 Å². The minimum absolute atomic E-state index is 0.0499. The molecule has 2 unspecified atom stereocenters. The standard InChI is InChI=1S/C13H15N3O2/c1-8-11(3-2-5-15-8)16-12(17)9-4-6-14-7-10(9)13(16)18/h4,6-8,11,15H,2-3,5H2,1H3. The third kappa shape index (κ3) is 1.54. The lowest BCUT2D eigenvalue weighted by atomic mass is 9.98. The minimum atomic E-state index is -0.205. The summed E-state index contributed by atoms with van der Waals surface area (Å²) in [5, 5.41) is 3.32. The van der Waals surface area contributed by atoms with Gasteiger partial charge in [-0.15, -0.1) is 0 Å². The van der Waals surface area contributed by atoms with Crippen molar-refractivity contribution in [3.8, 4) is 0 Å². The van der Waals surface area contributed by atoms with Gasteiger partial charge in [0.15, 0.2) is 0 Å². The molecule has 1 fully saturated rings. The predicted molar refractivity (Wildman–Crippen MR) is 65.2 cm³/mol. The van der Waals surface area contributed by atoms with Crippen molar-refractivity contribution in [3.05, 3.63) is 29.6 Å². The van der Waals surface area contributed by atoms with E-state index in [4.69, 9.17) is 0 Å². The highest BCUT2D eigenvalue weighted by molar-refractivity contribution is 6.21. The van der Waals surface area contributed by atoms with Crippen LogP contribution in [-0.4, -0.2) is 40.3 Å². The molecule has 3 rings (SSSR count). The molecule has 2 aliphatic rings. The van der Waals surface area contributed by atoms with E-state index in [1.165, 1.54) is 11.1 Å². The van der Waals surface area contributed by atoms with Crippen LogP contribution in [0.25, 0.3) is 0 Å². The van der Waals surface area contributed by atoms with Crippen molar-refractivity contribution in [1.82, 2.24) is 15.2 Å². The normalized spacial score (nSPS) is 27.5. The van der Waals surface area contributed by atoms with Gasteiger partial charge in [-0.1, -0.05) is 0 Å². The highest BCUT2D eigenvalue weighted by Gasteiger charge is 2.42. The van der Waals surface area contributed by atoms with E-state index in [-0.39, 0.29) is 23.9 Å². The number of nitrogens with zero attached hydrogens (tertiary/aromatic N) is 2. The molecule has 2 aliphatic heterocycles. The summed E-state index contributed by atoms with van der Waals surface area (Å²) >= 11 is 0. The molecule has 1 saturated heterocycles. The van der Waals surface area contributed by atoms with Crippen molar-refractivity contribution < 1.29 is 9.59 Å². The highest BCUT2D eigenvalue weighted by atomic mass is 16.2. The van der Waals surface area contributed by atoms with E-state index in [0.29, 0.717) is 11.1 Å². The second-order valence-electron chi connectivity index (χ2n) is 4.85. The molecule has 18 heavy (non-hydrogen) atoms. The van der Waals surface area contributed by atoms with Crippen LogP contribution in [0.2, 0.25) is 0 Å². The van der Waals surface area contributed by atoms with E-state index in [1.54, 1.807) is 12.3 Å². The molecule has 1 aromatic rings. The largest absolute Gasteiger partial charge is 0.312 e. The lowest BCUT2D eigenvalue weighted by Gasteiger charge is -2.35. The van der Waals surface area contributed by atoms with E-state index in [1.807, 2.05) is 6.92 Å². The molecular formula is C13H15N3O2. The quantitative estimate of drug-likeness (QED) is 0.744. The van der Waals surface area contributed by atoms with Gasteiger partial charge in [0.2, 0.25) is 0 Å². The number of rotatable bonds is 1. The minimum Gasteiger partial charge on any atom is -0.312 e. The van der Waals surface area contributed by atoms with E-state index >= 15 is 0 Å². The van der Waals surface area contributed by atoms with E-state index in [9.17, 15) is 9.59 Å². The number of carbonyl (C=O) groups is 2. The first-order chi connectivity index (χ1) is 8.70.